The molecule has 0 radical (unpaired) electrons. The van der Waals surface area contributed by atoms with Gasteiger partial charge in [0.1, 0.15) is 5.82 Å². The van der Waals surface area contributed by atoms with Gasteiger partial charge in [-0.3, -0.25) is 4.79 Å². The number of rotatable bonds is 2. The number of aliphatic carboxylic acids is 1. The SMILES string of the molecule is O=C(O)C(=O)c1cc(F)ccc1C(F)(F)F. The van der Waals surface area contributed by atoms with Crippen molar-refractivity contribution in [1.82, 2.24) is 0 Å². The lowest BCUT2D eigenvalue weighted by molar-refractivity contribution is -0.138. The zero-order valence-electron chi connectivity index (χ0n) is 7.51. The molecule has 0 amide bonds. The van der Waals surface area contributed by atoms with Crippen molar-refractivity contribution in [2.24, 2.45) is 0 Å². The third-order valence-electron chi connectivity index (χ3n) is 1.73. The van der Waals surface area contributed by atoms with Crippen LogP contribution < -0.4 is 0 Å². The smallest absolute Gasteiger partial charge is 0.417 e. The third-order valence-corrected chi connectivity index (χ3v) is 1.73. The molecule has 0 aliphatic carbocycles. The second-order valence-electron chi connectivity index (χ2n) is 2.82. The van der Waals surface area contributed by atoms with E-state index in [2.05, 4.69) is 0 Å². The third kappa shape index (κ3) is 2.36. The largest absolute Gasteiger partial charge is 0.475 e. The van der Waals surface area contributed by atoms with Crippen molar-refractivity contribution in [3.63, 3.8) is 0 Å². The Morgan fingerprint density at radius 3 is 2.19 bits per heavy atom. The molecule has 0 heterocycles. The average molecular weight is 236 g/mol. The maximum absolute atomic E-state index is 12.6. The highest BCUT2D eigenvalue weighted by atomic mass is 19.4. The highest BCUT2D eigenvalue weighted by molar-refractivity contribution is 6.40. The Bertz CT molecular complexity index is 451. The minimum absolute atomic E-state index is 0.249. The summed E-state index contributed by atoms with van der Waals surface area (Å²) in [7, 11) is 0. The van der Waals surface area contributed by atoms with Crippen LogP contribution in [0.1, 0.15) is 15.9 Å². The fourth-order valence-corrected chi connectivity index (χ4v) is 1.07. The summed E-state index contributed by atoms with van der Waals surface area (Å²) in [4.78, 5) is 21.1. The number of carboxylic acids is 1. The highest BCUT2D eigenvalue weighted by Gasteiger charge is 2.36. The quantitative estimate of drug-likeness (QED) is 0.486. The van der Waals surface area contributed by atoms with Crippen LogP contribution >= 0.6 is 0 Å². The summed E-state index contributed by atoms with van der Waals surface area (Å²) in [5.74, 6) is -4.99. The number of Topliss-reactive ketones (excluding diaryl/α,β-unsaturated/α-hetero) is 1. The van der Waals surface area contributed by atoms with E-state index in [1.165, 1.54) is 0 Å². The van der Waals surface area contributed by atoms with Gasteiger partial charge in [0.15, 0.2) is 0 Å². The van der Waals surface area contributed by atoms with E-state index in [0.717, 1.165) is 0 Å². The van der Waals surface area contributed by atoms with Gasteiger partial charge < -0.3 is 5.11 Å². The minimum atomic E-state index is -4.91. The summed E-state index contributed by atoms with van der Waals surface area (Å²) >= 11 is 0. The summed E-state index contributed by atoms with van der Waals surface area (Å²) in [6.07, 6.45) is -4.91. The topological polar surface area (TPSA) is 54.4 Å². The molecule has 0 aromatic heterocycles. The molecule has 1 N–H and O–H groups in total. The molecule has 0 atom stereocenters. The van der Waals surface area contributed by atoms with Crippen molar-refractivity contribution in [3.05, 3.63) is 35.1 Å². The lowest BCUT2D eigenvalue weighted by atomic mass is 10.0. The summed E-state index contributed by atoms with van der Waals surface area (Å²) in [5.41, 5.74) is -2.68. The molecule has 0 spiro atoms. The Hall–Kier alpha value is -1.92. The predicted molar refractivity (Wildman–Crippen MR) is 43.4 cm³/mol. The monoisotopic (exact) mass is 236 g/mol. The van der Waals surface area contributed by atoms with Crippen LogP contribution in [0, 0.1) is 5.82 Å². The summed E-state index contributed by atoms with van der Waals surface area (Å²) in [5, 5.41) is 8.28. The van der Waals surface area contributed by atoms with E-state index < -0.39 is 34.9 Å². The highest BCUT2D eigenvalue weighted by Crippen LogP contribution is 2.32. The molecule has 1 aromatic rings. The first kappa shape index (κ1) is 12.2. The normalized spacial score (nSPS) is 11.2. The molecule has 0 unspecified atom stereocenters. The van der Waals surface area contributed by atoms with Crippen molar-refractivity contribution in [3.8, 4) is 0 Å². The zero-order chi connectivity index (χ0) is 12.5. The molecule has 0 saturated carbocycles. The Labute approximate surface area is 86.3 Å². The first-order valence-corrected chi connectivity index (χ1v) is 3.88. The summed E-state index contributed by atoms with van der Waals surface area (Å²) in [6, 6.07) is 1.08. The molecule has 86 valence electrons. The van der Waals surface area contributed by atoms with Crippen LogP contribution in [0.25, 0.3) is 0 Å². The zero-order valence-corrected chi connectivity index (χ0v) is 7.51. The van der Waals surface area contributed by atoms with Gasteiger partial charge in [0.25, 0.3) is 5.78 Å². The molecule has 3 nitrogen and oxygen atoms in total. The van der Waals surface area contributed by atoms with E-state index in [0.29, 0.717) is 12.1 Å². The molecule has 7 heteroatoms. The molecule has 0 saturated heterocycles. The Morgan fingerprint density at radius 2 is 1.75 bits per heavy atom. The van der Waals surface area contributed by atoms with Crippen LogP contribution in [0.3, 0.4) is 0 Å². The average Bonchev–Trinajstić information content (AvgIpc) is 2.14. The summed E-state index contributed by atoms with van der Waals surface area (Å²) < 4.78 is 49.7. The lowest BCUT2D eigenvalue weighted by Gasteiger charge is -2.10. The number of carboxylic acid groups (broad SMARTS) is 1. The number of carbonyl (C=O) groups is 2. The number of alkyl halides is 3. The fraction of sp³-hybridized carbons (Fsp3) is 0.111. The number of hydrogen-bond acceptors (Lipinski definition) is 2. The number of benzene rings is 1. The number of halogens is 4. The number of ketones is 1. The maximum atomic E-state index is 12.6. The van der Waals surface area contributed by atoms with Gasteiger partial charge in [0.05, 0.1) is 5.56 Å². The molecule has 0 aliphatic heterocycles. The van der Waals surface area contributed by atoms with Crippen LogP contribution in [-0.2, 0) is 11.0 Å². The van der Waals surface area contributed by atoms with Crippen molar-refractivity contribution in [2.45, 2.75) is 6.18 Å². The number of hydrogen-bond donors (Lipinski definition) is 1. The first-order valence-electron chi connectivity index (χ1n) is 3.88. The van der Waals surface area contributed by atoms with Gasteiger partial charge in [-0.15, -0.1) is 0 Å². The molecular weight excluding hydrogens is 232 g/mol. The van der Waals surface area contributed by atoms with Crippen LogP contribution in [0.15, 0.2) is 18.2 Å². The van der Waals surface area contributed by atoms with Gasteiger partial charge in [-0.05, 0) is 18.2 Å². The van der Waals surface area contributed by atoms with Gasteiger partial charge in [0, 0.05) is 5.56 Å². The minimum Gasteiger partial charge on any atom is -0.475 e. The maximum Gasteiger partial charge on any atom is 0.417 e. The van der Waals surface area contributed by atoms with Gasteiger partial charge in [-0.1, -0.05) is 0 Å². The molecule has 0 fully saturated rings. The van der Waals surface area contributed by atoms with E-state index in [-0.39, 0.29) is 6.07 Å². The second kappa shape index (κ2) is 3.92. The lowest BCUT2D eigenvalue weighted by Crippen LogP contribution is -2.19. The van der Waals surface area contributed by atoms with E-state index in [9.17, 15) is 27.2 Å². The van der Waals surface area contributed by atoms with Crippen LogP contribution in [0.5, 0.6) is 0 Å². The van der Waals surface area contributed by atoms with Gasteiger partial charge in [-0.2, -0.15) is 13.2 Å². The van der Waals surface area contributed by atoms with E-state index in [4.69, 9.17) is 5.11 Å². The Balaban J connectivity index is 3.41. The molecular formula is C9H4F4O3. The van der Waals surface area contributed by atoms with Crippen molar-refractivity contribution < 1.29 is 32.3 Å². The summed E-state index contributed by atoms with van der Waals surface area (Å²) in [6.45, 7) is 0. The number of carbonyl (C=O) groups excluding carboxylic acids is 1. The van der Waals surface area contributed by atoms with Crippen molar-refractivity contribution >= 4 is 11.8 Å². The van der Waals surface area contributed by atoms with Crippen molar-refractivity contribution in [2.75, 3.05) is 0 Å². The molecule has 1 rings (SSSR count). The Kier molecular flexibility index (Phi) is 2.97. The van der Waals surface area contributed by atoms with Gasteiger partial charge in [-0.25, -0.2) is 9.18 Å². The standard InChI is InChI=1S/C9H4F4O3/c10-4-1-2-6(9(11,12)13)5(3-4)7(14)8(15)16/h1-3H,(H,15,16). The first-order chi connectivity index (χ1) is 7.23. The molecule has 0 aliphatic rings. The van der Waals surface area contributed by atoms with E-state index in [1.54, 1.807) is 0 Å². The molecule has 0 bridgehead atoms. The van der Waals surface area contributed by atoms with Gasteiger partial charge in [0.2, 0.25) is 0 Å². The van der Waals surface area contributed by atoms with Crippen LogP contribution in [-0.4, -0.2) is 16.9 Å². The second-order valence-corrected chi connectivity index (χ2v) is 2.82. The van der Waals surface area contributed by atoms with Crippen LogP contribution in [0.2, 0.25) is 0 Å². The van der Waals surface area contributed by atoms with Crippen molar-refractivity contribution in [1.29, 1.82) is 0 Å². The molecule has 1 aromatic carbocycles. The van der Waals surface area contributed by atoms with Crippen LogP contribution in [0.4, 0.5) is 17.6 Å². The van der Waals surface area contributed by atoms with Gasteiger partial charge >= 0.3 is 12.1 Å². The Morgan fingerprint density at radius 1 is 1.19 bits per heavy atom. The predicted octanol–water partition coefficient (Wildman–Crippen LogP) is 2.11. The van der Waals surface area contributed by atoms with E-state index >= 15 is 0 Å². The molecule has 16 heavy (non-hydrogen) atoms. The van der Waals surface area contributed by atoms with E-state index in [1.807, 2.05) is 0 Å². The fourth-order valence-electron chi connectivity index (χ4n) is 1.07.